The van der Waals surface area contributed by atoms with E-state index in [9.17, 15) is 4.79 Å². The summed E-state index contributed by atoms with van der Waals surface area (Å²) in [6.45, 7) is 0. The first-order valence-corrected chi connectivity index (χ1v) is 5.90. The zero-order chi connectivity index (χ0) is 13.6. The van der Waals surface area contributed by atoms with Crippen molar-refractivity contribution in [3.05, 3.63) is 41.0 Å². The van der Waals surface area contributed by atoms with Crippen LogP contribution in [0, 0.1) is 0 Å². The molecule has 6 heteroatoms. The van der Waals surface area contributed by atoms with Crippen molar-refractivity contribution in [3.8, 4) is 11.5 Å². The number of aromatic nitrogens is 2. The Morgan fingerprint density at radius 2 is 2.21 bits per heavy atom. The largest absolute Gasteiger partial charge is 0.476 e. The number of halogens is 1. The van der Waals surface area contributed by atoms with E-state index in [1.54, 1.807) is 6.07 Å². The molecule has 0 saturated heterocycles. The van der Waals surface area contributed by atoms with Gasteiger partial charge in [-0.1, -0.05) is 28.9 Å². The Hall–Kier alpha value is -2.27. The smallest absolute Gasteiger partial charge is 0.358 e. The lowest BCUT2D eigenvalue weighted by Crippen LogP contribution is -1.94. The van der Waals surface area contributed by atoms with Crippen LogP contribution in [0.5, 0.6) is 0 Å². The minimum atomic E-state index is -1.12. The standard InChI is InChI=1S/C13H9ClN2O3/c1-16-10(11-6-9(13(17)18)15-19-11)5-7-3-2-4-8(14)12(7)16/h2-6H,1H3,(H,17,18). The maximum Gasteiger partial charge on any atom is 0.358 e. The highest BCUT2D eigenvalue weighted by Gasteiger charge is 2.16. The van der Waals surface area contributed by atoms with E-state index >= 15 is 0 Å². The number of carboxylic acid groups (broad SMARTS) is 1. The minimum Gasteiger partial charge on any atom is -0.476 e. The molecule has 19 heavy (non-hydrogen) atoms. The fourth-order valence-corrected chi connectivity index (χ4v) is 2.41. The highest BCUT2D eigenvalue weighted by Crippen LogP contribution is 2.31. The topological polar surface area (TPSA) is 68.3 Å². The first-order chi connectivity index (χ1) is 9.08. The van der Waals surface area contributed by atoms with Crippen LogP contribution in [0.4, 0.5) is 0 Å². The van der Waals surface area contributed by atoms with E-state index in [4.69, 9.17) is 21.2 Å². The van der Waals surface area contributed by atoms with Crippen molar-refractivity contribution in [2.45, 2.75) is 0 Å². The molecule has 0 aliphatic heterocycles. The number of aryl methyl sites for hydroxylation is 1. The zero-order valence-electron chi connectivity index (χ0n) is 9.92. The number of hydrogen-bond donors (Lipinski definition) is 1. The molecule has 0 amide bonds. The van der Waals surface area contributed by atoms with E-state index in [2.05, 4.69) is 5.16 Å². The predicted molar refractivity (Wildman–Crippen MR) is 70.4 cm³/mol. The lowest BCUT2D eigenvalue weighted by Gasteiger charge is -2.01. The second-order valence-corrected chi connectivity index (χ2v) is 4.56. The Morgan fingerprint density at radius 1 is 1.42 bits per heavy atom. The number of para-hydroxylation sites is 1. The number of carboxylic acids is 1. The van der Waals surface area contributed by atoms with Gasteiger partial charge in [-0.25, -0.2) is 4.79 Å². The van der Waals surface area contributed by atoms with Gasteiger partial charge >= 0.3 is 5.97 Å². The second kappa shape index (κ2) is 4.13. The molecule has 0 aliphatic rings. The predicted octanol–water partition coefficient (Wildman–Crippen LogP) is 3.18. The lowest BCUT2D eigenvalue weighted by molar-refractivity contribution is 0.0686. The van der Waals surface area contributed by atoms with Gasteiger partial charge in [-0.2, -0.15) is 0 Å². The number of rotatable bonds is 2. The molecule has 1 aromatic carbocycles. The fourth-order valence-electron chi connectivity index (χ4n) is 2.10. The number of carbonyl (C=O) groups is 1. The third kappa shape index (κ3) is 1.79. The van der Waals surface area contributed by atoms with Crippen LogP contribution in [0.2, 0.25) is 5.02 Å². The SMILES string of the molecule is Cn1c(-c2cc(C(=O)O)no2)cc2cccc(Cl)c21. The molecule has 0 atom stereocenters. The van der Waals surface area contributed by atoms with E-state index in [1.165, 1.54) is 6.07 Å². The van der Waals surface area contributed by atoms with E-state index in [1.807, 2.05) is 29.8 Å². The van der Waals surface area contributed by atoms with Crippen LogP contribution in [-0.4, -0.2) is 20.8 Å². The molecule has 96 valence electrons. The van der Waals surface area contributed by atoms with Crippen molar-refractivity contribution >= 4 is 28.5 Å². The normalized spacial score (nSPS) is 11.1. The Morgan fingerprint density at radius 3 is 2.84 bits per heavy atom. The van der Waals surface area contributed by atoms with Crippen LogP contribution in [-0.2, 0) is 7.05 Å². The van der Waals surface area contributed by atoms with Crippen molar-refractivity contribution in [1.82, 2.24) is 9.72 Å². The van der Waals surface area contributed by atoms with Crippen LogP contribution in [0.3, 0.4) is 0 Å². The molecule has 2 heterocycles. The van der Waals surface area contributed by atoms with Gasteiger partial charge in [-0.3, -0.25) is 0 Å². The summed E-state index contributed by atoms with van der Waals surface area (Å²) in [5.41, 5.74) is 1.47. The molecule has 3 rings (SSSR count). The molecule has 0 fully saturated rings. The number of hydrogen-bond acceptors (Lipinski definition) is 3. The molecular formula is C13H9ClN2O3. The van der Waals surface area contributed by atoms with Gasteiger partial charge in [0.05, 0.1) is 16.2 Å². The molecule has 0 radical (unpaired) electrons. The number of fused-ring (bicyclic) bond motifs is 1. The Bertz CT molecular complexity index is 788. The van der Waals surface area contributed by atoms with Crippen molar-refractivity contribution < 1.29 is 14.4 Å². The summed E-state index contributed by atoms with van der Waals surface area (Å²) in [6, 6.07) is 8.87. The zero-order valence-corrected chi connectivity index (χ0v) is 10.7. The van der Waals surface area contributed by atoms with Crippen molar-refractivity contribution in [3.63, 3.8) is 0 Å². The number of benzene rings is 1. The van der Waals surface area contributed by atoms with E-state index in [0.29, 0.717) is 10.8 Å². The third-order valence-electron chi connectivity index (χ3n) is 2.99. The third-order valence-corrected chi connectivity index (χ3v) is 3.29. The van der Waals surface area contributed by atoms with Gasteiger partial charge in [0, 0.05) is 18.5 Å². The van der Waals surface area contributed by atoms with E-state index in [-0.39, 0.29) is 5.69 Å². The molecule has 0 unspecified atom stereocenters. The fraction of sp³-hybridized carbons (Fsp3) is 0.0769. The summed E-state index contributed by atoms with van der Waals surface area (Å²) in [7, 11) is 1.84. The molecule has 3 aromatic rings. The van der Waals surface area contributed by atoms with Crippen LogP contribution in [0.15, 0.2) is 34.9 Å². The summed E-state index contributed by atoms with van der Waals surface area (Å²) in [5.74, 6) is -0.723. The molecule has 0 aliphatic carbocycles. The highest BCUT2D eigenvalue weighted by molar-refractivity contribution is 6.35. The molecular weight excluding hydrogens is 268 g/mol. The average Bonchev–Trinajstić information content (AvgIpc) is 2.95. The molecule has 0 bridgehead atoms. The minimum absolute atomic E-state index is 0.119. The van der Waals surface area contributed by atoms with Crippen LogP contribution in [0.1, 0.15) is 10.5 Å². The summed E-state index contributed by atoms with van der Waals surface area (Å²) < 4.78 is 6.92. The maximum atomic E-state index is 10.8. The van der Waals surface area contributed by atoms with Gasteiger partial charge < -0.3 is 14.2 Å². The monoisotopic (exact) mass is 276 g/mol. The van der Waals surface area contributed by atoms with Crippen LogP contribution < -0.4 is 0 Å². The van der Waals surface area contributed by atoms with Gasteiger partial charge in [0.2, 0.25) is 0 Å². The van der Waals surface area contributed by atoms with Crippen molar-refractivity contribution in [2.75, 3.05) is 0 Å². The Kier molecular flexibility index (Phi) is 2.57. The summed E-state index contributed by atoms with van der Waals surface area (Å²) >= 11 is 6.16. The molecule has 5 nitrogen and oxygen atoms in total. The average molecular weight is 277 g/mol. The van der Waals surface area contributed by atoms with E-state index in [0.717, 1.165) is 16.6 Å². The van der Waals surface area contributed by atoms with E-state index < -0.39 is 5.97 Å². The van der Waals surface area contributed by atoms with Crippen molar-refractivity contribution in [1.29, 1.82) is 0 Å². The van der Waals surface area contributed by atoms with Crippen molar-refractivity contribution in [2.24, 2.45) is 7.05 Å². The second-order valence-electron chi connectivity index (χ2n) is 4.15. The Labute approximate surface area is 113 Å². The lowest BCUT2D eigenvalue weighted by atomic mass is 10.2. The molecule has 0 spiro atoms. The molecule has 2 aromatic heterocycles. The Balaban J connectivity index is 2.22. The first-order valence-electron chi connectivity index (χ1n) is 5.52. The van der Waals surface area contributed by atoms with Gasteiger partial charge in [0.1, 0.15) is 0 Å². The highest BCUT2D eigenvalue weighted by atomic mass is 35.5. The number of nitrogens with zero attached hydrogens (tertiary/aromatic N) is 2. The van der Waals surface area contributed by atoms with Gasteiger partial charge in [-0.15, -0.1) is 0 Å². The van der Waals surface area contributed by atoms with Crippen LogP contribution >= 0.6 is 11.6 Å². The molecule has 0 saturated carbocycles. The molecule has 1 N–H and O–H groups in total. The van der Waals surface area contributed by atoms with Gasteiger partial charge in [0.25, 0.3) is 0 Å². The maximum absolute atomic E-state index is 10.8. The number of aromatic carboxylic acids is 1. The van der Waals surface area contributed by atoms with Gasteiger partial charge in [-0.05, 0) is 12.1 Å². The van der Waals surface area contributed by atoms with Gasteiger partial charge in [0.15, 0.2) is 11.5 Å². The quantitative estimate of drug-likeness (QED) is 0.780. The summed E-state index contributed by atoms with van der Waals surface area (Å²) in [5, 5.41) is 13.9. The van der Waals surface area contributed by atoms with Crippen LogP contribution in [0.25, 0.3) is 22.4 Å². The first kappa shape index (κ1) is 11.8. The summed E-state index contributed by atoms with van der Waals surface area (Å²) in [4.78, 5) is 10.8. The summed E-state index contributed by atoms with van der Waals surface area (Å²) in [6.07, 6.45) is 0.